The molecule has 1 fully saturated rings. The molecule has 4 atom stereocenters. The zero-order valence-corrected chi connectivity index (χ0v) is 21.5. The van der Waals surface area contributed by atoms with Gasteiger partial charge in [0.1, 0.15) is 18.0 Å². The average Bonchev–Trinajstić information content (AvgIpc) is 3.29. The number of rotatable bonds is 11. The van der Waals surface area contributed by atoms with Crippen molar-refractivity contribution in [3.05, 3.63) is 41.5 Å². The third kappa shape index (κ3) is 5.78. The predicted octanol–water partition coefficient (Wildman–Crippen LogP) is 3.83. The molecule has 7 nitrogen and oxygen atoms in total. The molecular weight excluding hydrogens is 456 g/mol. The number of benzene rings is 1. The molecule has 0 spiro atoms. The van der Waals surface area contributed by atoms with Gasteiger partial charge in [-0.2, -0.15) is 0 Å². The summed E-state index contributed by atoms with van der Waals surface area (Å²) in [5, 5.41) is 23.7. The zero-order chi connectivity index (χ0) is 25.5. The second-order valence-corrected chi connectivity index (χ2v) is 10.4. The first-order valence-corrected chi connectivity index (χ1v) is 13.9. The Labute approximate surface area is 214 Å². The SMILES string of the molecule is CCCCCCCC(=O)N(C1CCCCC1)C1C=C(C(=O)NCCO)C2c3ccccc3OC2C1O. The van der Waals surface area contributed by atoms with Crippen molar-refractivity contribution in [2.45, 2.75) is 108 Å². The van der Waals surface area contributed by atoms with Crippen molar-refractivity contribution in [1.29, 1.82) is 0 Å². The Bertz CT molecular complexity index is 926. The number of hydrogen-bond acceptors (Lipinski definition) is 5. The van der Waals surface area contributed by atoms with E-state index in [1.807, 2.05) is 35.2 Å². The van der Waals surface area contributed by atoms with Gasteiger partial charge in [-0.3, -0.25) is 9.59 Å². The van der Waals surface area contributed by atoms with Gasteiger partial charge in [0.2, 0.25) is 11.8 Å². The molecule has 4 rings (SSSR count). The van der Waals surface area contributed by atoms with Crippen molar-refractivity contribution in [2.24, 2.45) is 0 Å². The van der Waals surface area contributed by atoms with E-state index >= 15 is 0 Å². The molecule has 1 aliphatic heterocycles. The molecule has 0 aromatic heterocycles. The van der Waals surface area contributed by atoms with E-state index in [1.165, 1.54) is 6.42 Å². The number of para-hydroxylation sites is 1. The zero-order valence-electron chi connectivity index (χ0n) is 21.5. The molecule has 4 unspecified atom stereocenters. The van der Waals surface area contributed by atoms with Crippen LogP contribution in [0.15, 0.2) is 35.9 Å². The third-order valence-corrected chi connectivity index (χ3v) is 7.95. The summed E-state index contributed by atoms with van der Waals surface area (Å²) >= 11 is 0. The van der Waals surface area contributed by atoms with Crippen molar-refractivity contribution in [3.63, 3.8) is 0 Å². The van der Waals surface area contributed by atoms with E-state index in [0.29, 0.717) is 17.7 Å². The molecule has 198 valence electrons. The lowest BCUT2D eigenvalue weighted by atomic mass is 9.76. The van der Waals surface area contributed by atoms with Gasteiger partial charge in [-0.1, -0.05) is 70.1 Å². The average molecular weight is 499 g/mol. The third-order valence-electron chi connectivity index (χ3n) is 7.95. The largest absolute Gasteiger partial charge is 0.486 e. The minimum atomic E-state index is -0.942. The van der Waals surface area contributed by atoms with Crippen molar-refractivity contribution in [3.8, 4) is 5.75 Å². The van der Waals surface area contributed by atoms with E-state index in [0.717, 1.165) is 63.4 Å². The maximum Gasteiger partial charge on any atom is 0.247 e. The van der Waals surface area contributed by atoms with Crippen molar-refractivity contribution in [1.82, 2.24) is 10.2 Å². The highest BCUT2D eigenvalue weighted by Gasteiger charge is 2.51. The van der Waals surface area contributed by atoms with E-state index in [9.17, 15) is 19.8 Å². The number of nitrogens with one attached hydrogen (secondary N) is 1. The van der Waals surface area contributed by atoms with Gasteiger partial charge >= 0.3 is 0 Å². The van der Waals surface area contributed by atoms with E-state index in [4.69, 9.17) is 4.74 Å². The summed E-state index contributed by atoms with van der Waals surface area (Å²) in [6.07, 6.45) is 11.1. The Balaban J connectivity index is 1.65. The number of amides is 2. The number of nitrogens with zero attached hydrogens (tertiary/aromatic N) is 1. The van der Waals surface area contributed by atoms with Crippen LogP contribution >= 0.6 is 0 Å². The normalized spacial score (nSPS) is 25.4. The summed E-state index contributed by atoms with van der Waals surface area (Å²) < 4.78 is 6.22. The molecule has 2 aliphatic carbocycles. The standard InChI is InChI=1S/C29H42N2O5/c1-2-3-4-5-9-16-25(33)31(20-12-7-6-8-13-20)23-19-22(29(35)30-17-18-32)26-21-14-10-11-15-24(21)36-28(26)27(23)34/h10-11,14-15,19-20,23,26-28,32,34H,2-9,12-13,16-18H2,1H3,(H,30,35). The molecule has 1 aromatic carbocycles. The number of carbonyl (C=O) groups excluding carboxylic acids is 2. The highest BCUT2D eigenvalue weighted by Crippen LogP contribution is 2.47. The lowest BCUT2D eigenvalue weighted by molar-refractivity contribution is -0.141. The van der Waals surface area contributed by atoms with Crippen LogP contribution in [0.3, 0.4) is 0 Å². The Hall–Kier alpha value is -2.38. The summed E-state index contributed by atoms with van der Waals surface area (Å²) in [4.78, 5) is 28.9. The van der Waals surface area contributed by atoms with E-state index in [-0.39, 0.29) is 31.0 Å². The number of fused-ring (bicyclic) bond motifs is 3. The summed E-state index contributed by atoms with van der Waals surface area (Å²) in [6.45, 7) is 2.17. The predicted molar refractivity (Wildman–Crippen MR) is 139 cm³/mol. The van der Waals surface area contributed by atoms with Crippen LogP contribution in [0.2, 0.25) is 0 Å². The fraction of sp³-hybridized carbons (Fsp3) is 0.655. The topological polar surface area (TPSA) is 99.1 Å². The lowest BCUT2D eigenvalue weighted by Crippen LogP contribution is -2.58. The van der Waals surface area contributed by atoms with Crippen molar-refractivity contribution < 1.29 is 24.5 Å². The molecule has 0 saturated heterocycles. The monoisotopic (exact) mass is 498 g/mol. The summed E-state index contributed by atoms with van der Waals surface area (Å²) in [7, 11) is 0. The Morgan fingerprint density at radius 2 is 1.83 bits per heavy atom. The van der Waals surface area contributed by atoms with Crippen LogP contribution in [0.1, 0.15) is 89.0 Å². The number of ether oxygens (including phenoxy) is 1. The van der Waals surface area contributed by atoms with Gasteiger partial charge in [0.25, 0.3) is 0 Å². The lowest BCUT2D eigenvalue weighted by Gasteiger charge is -2.45. The van der Waals surface area contributed by atoms with Crippen molar-refractivity contribution in [2.75, 3.05) is 13.2 Å². The molecule has 2 amide bonds. The Morgan fingerprint density at radius 3 is 2.58 bits per heavy atom. The van der Waals surface area contributed by atoms with Crippen LogP contribution in [0.25, 0.3) is 0 Å². The number of unbranched alkanes of at least 4 members (excludes halogenated alkanes) is 4. The van der Waals surface area contributed by atoms with Gasteiger partial charge in [0.15, 0.2) is 0 Å². The molecule has 1 heterocycles. The van der Waals surface area contributed by atoms with Crippen LogP contribution in [0, 0.1) is 0 Å². The number of hydrogen-bond donors (Lipinski definition) is 3. The number of carbonyl (C=O) groups is 2. The van der Waals surface area contributed by atoms with Crippen LogP contribution in [0.4, 0.5) is 0 Å². The van der Waals surface area contributed by atoms with Gasteiger partial charge < -0.3 is 25.2 Å². The van der Waals surface area contributed by atoms with Gasteiger partial charge in [0.05, 0.1) is 18.6 Å². The highest BCUT2D eigenvalue weighted by atomic mass is 16.5. The van der Waals surface area contributed by atoms with E-state index in [2.05, 4.69) is 12.2 Å². The minimum absolute atomic E-state index is 0.0554. The molecule has 0 bridgehead atoms. The Morgan fingerprint density at radius 1 is 1.08 bits per heavy atom. The molecule has 1 saturated carbocycles. The smallest absolute Gasteiger partial charge is 0.247 e. The first-order valence-electron chi connectivity index (χ1n) is 13.9. The van der Waals surface area contributed by atoms with Crippen molar-refractivity contribution >= 4 is 11.8 Å². The van der Waals surface area contributed by atoms with E-state index < -0.39 is 24.2 Å². The van der Waals surface area contributed by atoms with Crippen LogP contribution in [-0.2, 0) is 9.59 Å². The molecule has 0 radical (unpaired) electrons. The second kappa shape index (κ2) is 12.7. The second-order valence-electron chi connectivity index (χ2n) is 10.4. The minimum Gasteiger partial charge on any atom is -0.486 e. The Kier molecular flexibility index (Phi) is 9.43. The van der Waals surface area contributed by atoms with Crippen LogP contribution in [0.5, 0.6) is 5.75 Å². The number of aliphatic hydroxyl groups excluding tert-OH is 2. The summed E-state index contributed by atoms with van der Waals surface area (Å²) in [6, 6.07) is 7.01. The molecule has 3 N–H and O–H groups in total. The summed E-state index contributed by atoms with van der Waals surface area (Å²) in [5.41, 5.74) is 1.38. The maximum absolute atomic E-state index is 13.7. The first kappa shape index (κ1) is 26.7. The van der Waals surface area contributed by atoms with E-state index in [1.54, 1.807) is 0 Å². The van der Waals surface area contributed by atoms with Gasteiger partial charge in [-0.25, -0.2) is 0 Å². The van der Waals surface area contributed by atoms with Gasteiger partial charge in [-0.05, 0) is 31.4 Å². The molecule has 3 aliphatic rings. The molecule has 1 aromatic rings. The van der Waals surface area contributed by atoms with Crippen LogP contribution in [-0.4, -0.2) is 64.4 Å². The van der Waals surface area contributed by atoms with Gasteiger partial charge in [0, 0.05) is 30.1 Å². The van der Waals surface area contributed by atoms with Crippen LogP contribution < -0.4 is 10.1 Å². The highest BCUT2D eigenvalue weighted by molar-refractivity contribution is 5.96. The first-order chi connectivity index (χ1) is 17.6. The molecular formula is C29H42N2O5. The number of aliphatic hydroxyl groups is 2. The quantitative estimate of drug-likeness (QED) is 0.403. The summed E-state index contributed by atoms with van der Waals surface area (Å²) in [5.74, 6) is 0.0256. The van der Waals surface area contributed by atoms with Gasteiger partial charge in [-0.15, -0.1) is 0 Å². The molecule has 7 heteroatoms. The maximum atomic E-state index is 13.7. The fourth-order valence-corrected chi connectivity index (χ4v) is 6.14. The fourth-order valence-electron chi connectivity index (χ4n) is 6.14. The molecule has 36 heavy (non-hydrogen) atoms.